The SMILES string of the molecule is CCCCOc1cc(S(=O)(=O)NCc2ccccn2)ccc1Cl. The molecule has 2 aromatic rings. The van der Waals surface area contributed by atoms with Gasteiger partial charge in [-0.1, -0.05) is 31.0 Å². The smallest absolute Gasteiger partial charge is 0.241 e. The molecule has 0 saturated heterocycles. The second kappa shape index (κ2) is 8.29. The van der Waals surface area contributed by atoms with E-state index in [0.29, 0.717) is 23.1 Å². The van der Waals surface area contributed by atoms with Crippen LogP contribution in [0.1, 0.15) is 25.5 Å². The number of halogens is 1. The van der Waals surface area contributed by atoms with Crippen LogP contribution in [0, 0.1) is 0 Å². The van der Waals surface area contributed by atoms with Crippen LogP contribution in [0.4, 0.5) is 0 Å². The largest absolute Gasteiger partial charge is 0.492 e. The molecule has 5 nitrogen and oxygen atoms in total. The Bertz CT molecular complexity index is 736. The number of aromatic nitrogens is 1. The van der Waals surface area contributed by atoms with Crippen molar-refractivity contribution < 1.29 is 13.2 Å². The maximum absolute atomic E-state index is 12.4. The number of sulfonamides is 1. The minimum absolute atomic E-state index is 0.115. The zero-order chi connectivity index (χ0) is 16.7. The number of hydrogen-bond acceptors (Lipinski definition) is 4. The Morgan fingerprint density at radius 3 is 2.78 bits per heavy atom. The Balaban J connectivity index is 2.11. The van der Waals surface area contributed by atoms with E-state index in [1.165, 1.54) is 18.2 Å². The van der Waals surface area contributed by atoms with Gasteiger partial charge in [-0.3, -0.25) is 4.98 Å². The molecule has 124 valence electrons. The van der Waals surface area contributed by atoms with Crippen molar-refractivity contribution in [2.45, 2.75) is 31.2 Å². The molecule has 0 spiro atoms. The molecule has 1 aromatic heterocycles. The number of pyridine rings is 1. The molecule has 0 aliphatic heterocycles. The number of unbranched alkanes of at least 4 members (excludes halogenated alkanes) is 1. The van der Waals surface area contributed by atoms with Gasteiger partial charge in [0.2, 0.25) is 10.0 Å². The maximum Gasteiger partial charge on any atom is 0.241 e. The molecule has 1 N–H and O–H groups in total. The molecule has 0 fully saturated rings. The van der Waals surface area contributed by atoms with Crippen molar-refractivity contribution in [3.8, 4) is 5.75 Å². The van der Waals surface area contributed by atoms with E-state index in [9.17, 15) is 8.42 Å². The van der Waals surface area contributed by atoms with Gasteiger partial charge in [0, 0.05) is 12.3 Å². The van der Waals surface area contributed by atoms with Gasteiger partial charge in [0.05, 0.1) is 28.8 Å². The Morgan fingerprint density at radius 1 is 1.26 bits per heavy atom. The fourth-order valence-corrected chi connectivity index (χ4v) is 3.03. The Morgan fingerprint density at radius 2 is 2.09 bits per heavy atom. The van der Waals surface area contributed by atoms with Crippen molar-refractivity contribution in [3.05, 3.63) is 53.3 Å². The van der Waals surface area contributed by atoms with Gasteiger partial charge in [0.1, 0.15) is 5.75 Å². The second-order valence-corrected chi connectivity index (χ2v) is 7.11. The molecule has 0 bridgehead atoms. The maximum atomic E-state index is 12.4. The minimum atomic E-state index is -3.66. The normalized spacial score (nSPS) is 11.4. The average molecular weight is 355 g/mol. The second-order valence-electron chi connectivity index (χ2n) is 4.94. The van der Waals surface area contributed by atoms with Gasteiger partial charge >= 0.3 is 0 Å². The lowest BCUT2D eigenvalue weighted by atomic mass is 10.3. The Kier molecular flexibility index (Phi) is 6.38. The van der Waals surface area contributed by atoms with Gasteiger partial charge in [-0.05, 0) is 30.7 Å². The van der Waals surface area contributed by atoms with Crippen molar-refractivity contribution in [2.24, 2.45) is 0 Å². The van der Waals surface area contributed by atoms with Gasteiger partial charge in [-0.15, -0.1) is 0 Å². The third kappa shape index (κ3) is 5.20. The number of benzene rings is 1. The van der Waals surface area contributed by atoms with E-state index in [2.05, 4.69) is 9.71 Å². The molecule has 1 aromatic carbocycles. The minimum Gasteiger partial charge on any atom is -0.492 e. The van der Waals surface area contributed by atoms with E-state index in [1.807, 2.05) is 6.92 Å². The highest BCUT2D eigenvalue weighted by Gasteiger charge is 2.16. The van der Waals surface area contributed by atoms with Crippen molar-refractivity contribution >= 4 is 21.6 Å². The van der Waals surface area contributed by atoms with Crippen molar-refractivity contribution in [2.75, 3.05) is 6.61 Å². The third-order valence-corrected chi connectivity index (χ3v) is 4.85. The van der Waals surface area contributed by atoms with Gasteiger partial charge in [0.15, 0.2) is 0 Å². The quantitative estimate of drug-likeness (QED) is 0.738. The number of hydrogen-bond donors (Lipinski definition) is 1. The van der Waals surface area contributed by atoms with Crippen LogP contribution >= 0.6 is 11.6 Å². The fraction of sp³-hybridized carbons (Fsp3) is 0.312. The van der Waals surface area contributed by atoms with E-state index in [4.69, 9.17) is 16.3 Å². The number of nitrogens with one attached hydrogen (secondary N) is 1. The van der Waals surface area contributed by atoms with Crippen LogP contribution in [0.2, 0.25) is 5.02 Å². The lowest BCUT2D eigenvalue weighted by molar-refractivity contribution is 0.309. The van der Waals surface area contributed by atoms with E-state index in [1.54, 1.807) is 24.4 Å². The molecule has 0 saturated carbocycles. The summed E-state index contributed by atoms with van der Waals surface area (Å²) in [5.41, 5.74) is 0.643. The van der Waals surface area contributed by atoms with Crippen molar-refractivity contribution in [3.63, 3.8) is 0 Å². The highest BCUT2D eigenvalue weighted by molar-refractivity contribution is 7.89. The van der Waals surface area contributed by atoms with Crippen LogP contribution < -0.4 is 9.46 Å². The van der Waals surface area contributed by atoms with E-state index in [0.717, 1.165) is 12.8 Å². The summed E-state index contributed by atoms with van der Waals surface area (Å²) >= 11 is 6.05. The summed E-state index contributed by atoms with van der Waals surface area (Å²) in [6.45, 7) is 2.67. The van der Waals surface area contributed by atoms with Crippen LogP contribution in [0.15, 0.2) is 47.5 Å². The number of nitrogens with zero attached hydrogens (tertiary/aromatic N) is 1. The van der Waals surface area contributed by atoms with Crippen LogP contribution in [0.5, 0.6) is 5.75 Å². The van der Waals surface area contributed by atoms with E-state index < -0.39 is 10.0 Å². The molecular formula is C16H19ClN2O3S. The predicted molar refractivity (Wildman–Crippen MR) is 90.1 cm³/mol. The molecule has 1 heterocycles. The summed E-state index contributed by atoms with van der Waals surface area (Å²) < 4.78 is 32.8. The molecule has 0 amide bonds. The van der Waals surface area contributed by atoms with Crippen molar-refractivity contribution in [1.82, 2.24) is 9.71 Å². The van der Waals surface area contributed by atoms with Crippen molar-refractivity contribution in [1.29, 1.82) is 0 Å². The molecule has 2 rings (SSSR count). The number of rotatable bonds is 8. The molecule has 0 unspecified atom stereocenters. The summed E-state index contributed by atoms with van der Waals surface area (Å²) in [6, 6.07) is 9.76. The first-order chi connectivity index (χ1) is 11.0. The highest BCUT2D eigenvalue weighted by Crippen LogP contribution is 2.27. The predicted octanol–water partition coefficient (Wildman–Crippen LogP) is 3.39. The first-order valence-corrected chi connectivity index (χ1v) is 9.21. The summed E-state index contributed by atoms with van der Waals surface area (Å²) in [6.07, 6.45) is 3.48. The lowest BCUT2D eigenvalue weighted by Crippen LogP contribution is -2.23. The average Bonchev–Trinajstić information content (AvgIpc) is 2.56. The summed E-state index contributed by atoms with van der Waals surface area (Å²) in [4.78, 5) is 4.20. The van der Waals surface area contributed by atoms with Crippen LogP contribution in [-0.4, -0.2) is 20.0 Å². The molecule has 7 heteroatoms. The fourth-order valence-electron chi connectivity index (χ4n) is 1.84. The van der Waals surface area contributed by atoms with E-state index in [-0.39, 0.29) is 11.4 Å². The zero-order valence-corrected chi connectivity index (χ0v) is 14.4. The topological polar surface area (TPSA) is 68.3 Å². The van der Waals surface area contributed by atoms with Gasteiger partial charge in [0.25, 0.3) is 0 Å². The lowest BCUT2D eigenvalue weighted by Gasteiger charge is -2.11. The van der Waals surface area contributed by atoms with Gasteiger partial charge in [-0.25, -0.2) is 13.1 Å². The molecule has 0 atom stereocenters. The number of ether oxygens (including phenoxy) is 1. The highest BCUT2D eigenvalue weighted by atomic mass is 35.5. The summed E-state index contributed by atoms with van der Waals surface area (Å²) in [5.74, 6) is 0.376. The van der Waals surface area contributed by atoms with Crippen LogP contribution in [-0.2, 0) is 16.6 Å². The summed E-state index contributed by atoms with van der Waals surface area (Å²) in [7, 11) is -3.66. The Labute approximate surface area is 141 Å². The molecule has 0 radical (unpaired) electrons. The molecule has 0 aliphatic rings. The molecule has 0 aliphatic carbocycles. The molecule has 23 heavy (non-hydrogen) atoms. The van der Waals surface area contributed by atoms with Gasteiger partial charge in [-0.2, -0.15) is 0 Å². The van der Waals surface area contributed by atoms with Gasteiger partial charge < -0.3 is 4.74 Å². The monoisotopic (exact) mass is 354 g/mol. The van der Waals surface area contributed by atoms with E-state index >= 15 is 0 Å². The van der Waals surface area contributed by atoms with Crippen LogP contribution in [0.3, 0.4) is 0 Å². The summed E-state index contributed by atoms with van der Waals surface area (Å²) in [5, 5.41) is 0.393. The Hall–Kier alpha value is -1.63. The first-order valence-electron chi connectivity index (χ1n) is 7.35. The first kappa shape index (κ1) is 17.7. The zero-order valence-electron chi connectivity index (χ0n) is 12.8. The third-order valence-electron chi connectivity index (χ3n) is 3.14. The molecular weight excluding hydrogens is 336 g/mol. The standard InChI is InChI=1S/C16H19ClN2O3S/c1-2-3-10-22-16-11-14(7-8-15(16)17)23(20,21)19-12-13-6-4-5-9-18-13/h4-9,11,19H,2-3,10,12H2,1H3. The van der Waals surface area contributed by atoms with Crippen LogP contribution in [0.25, 0.3) is 0 Å².